The minimum atomic E-state index is -0.696. The van der Waals surface area contributed by atoms with Crippen LogP contribution in [0, 0.1) is 0 Å². The van der Waals surface area contributed by atoms with E-state index in [0.29, 0.717) is 11.3 Å². The summed E-state index contributed by atoms with van der Waals surface area (Å²) in [6.07, 6.45) is 1.21. The number of rotatable bonds is 6. The molecule has 2 aromatic heterocycles. The summed E-state index contributed by atoms with van der Waals surface area (Å²) in [7, 11) is 1.51. The number of nitrogen functional groups attached to an aromatic ring is 1. The lowest BCUT2D eigenvalue weighted by Gasteiger charge is -2.07. The molecule has 0 saturated carbocycles. The minimum Gasteiger partial charge on any atom is -0.508 e. The van der Waals surface area contributed by atoms with Crippen molar-refractivity contribution in [3.63, 3.8) is 0 Å². The largest absolute Gasteiger partial charge is 0.508 e. The van der Waals surface area contributed by atoms with E-state index in [9.17, 15) is 15.0 Å². The van der Waals surface area contributed by atoms with Gasteiger partial charge in [-0.25, -0.2) is 10.1 Å². The lowest BCUT2D eigenvalue weighted by atomic mass is 10.1. The van der Waals surface area contributed by atoms with E-state index < -0.39 is 5.91 Å². The predicted octanol–water partition coefficient (Wildman–Crippen LogP) is 1.08. The Kier molecular flexibility index (Phi) is 5.36. The fourth-order valence-electron chi connectivity index (χ4n) is 2.80. The molecule has 0 radical (unpaired) electrons. The highest BCUT2D eigenvalue weighted by Crippen LogP contribution is 2.29. The monoisotopic (exact) mass is 436 g/mol. The Morgan fingerprint density at radius 2 is 2.09 bits per heavy atom. The Labute approximate surface area is 179 Å². The Morgan fingerprint density at radius 1 is 1.25 bits per heavy atom. The molecular weight excluding hydrogens is 420 g/mol. The van der Waals surface area contributed by atoms with E-state index in [2.05, 4.69) is 35.8 Å². The molecule has 0 spiro atoms. The van der Waals surface area contributed by atoms with Crippen LogP contribution in [0.5, 0.6) is 17.2 Å². The van der Waals surface area contributed by atoms with Gasteiger partial charge in [-0.05, 0) is 34.6 Å². The van der Waals surface area contributed by atoms with E-state index in [4.69, 9.17) is 10.5 Å². The topological polar surface area (TPSA) is 187 Å². The van der Waals surface area contributed by atoms with Crippen molar-refractivity contribution in [3.8, 4) is 34.3 Å². The zero-order valence-corrected chi connectivity index (χ0v) is 16.5. The number of hydrogen-bond acceptors (Lipinski definition) is 11. The van der Waals surface area contributed by atoms with Crippen molar-refractivity contribution in [2.24, 2.45) is 5.10 Å². The molecule has 0 saturated heterocycles. The van der Waals surface area contributed by atoms with Crippen molar-refractivity contribution in [2.45, 2.75) is 0 Å². The maximum atomic E-state index is 12.8. The van der Waals surface area contributed by atoms with Crippen LogP contribution in [0.1, 0.15) is 16.1 Å². The Morgan fingerprint density at radius 3 is 2.81 bits per heavy atom. The van der Waals surface area contributed by atoms with Crippen molar-refractivity contribution in [1.82, 2.24) is 30.7 Å². The molecule has 0 aliphatic rings. The average Bonchev–Trinajstić information content (AvgIpc) is 3.41. The third kappa shape index (κ3) is 3.89. The summed E-state index contributed by atoms with van der Waals surface area (Å²) in [4.78, 5) is 12.8. The van der Waals surface area contributed by atoms with Crippen LogP contribution in [0.2, 0.25) is 0 Å². The number of hydrogen-bond donors (Lipinski definition) is 4. The first-order valence-corrected chi connectivity index (χ1v) is 9.02. The molecule has 0 atom stereocenters. The zero-order chi connectivity index (χ0) is 22.7. The van der Waals surface area contributed by atoms with Gasteiger partial charge in [-0.2, -0.15) is 9.78 Å². The fraction of sp³-hybridized carbons (Fsp3) is 0.0526. The number of phenolic OH excluding ortho intramolecular Hbond substituents is 2. The first kappa shape index (κ1) is 20.3. The van der Waals surface area contributed by atoms with Crippen LogP contribution in [0.3, 0.4) is 0 Å². The van der Waals surface area contributed by atoms with Crippen LogP contribution >= 0.6 is 0 Å². The smallest absolute Gasteiger partial charge is 0.294 e. The molecule has 1 amide bonds. The van der Waals surface area contributed by atoms with Gasteiger partial charge in [0, 0.05) is 17.2 Å². The summed E-state index contributed by atoms with van der Waals surface area (Å²) in [5.41, 5.74) is 9.07. The first-order valence-electron chi connectivity index (χ1n) is 9.02. The standard InChI is InChI=1S/C19H16N8O5/c1-31-13-4-2-3-10(7-13)16-15(22-26-27(16)18-17(20)24-32-25-18)19(30)23-21-9-11-5-6-12(28)8-14(11)29/h2-9,28-29H,1H3,(H2,20,24)(H,23,30)/b21-9-. The molecule has 5 N–H and O–H groups in total. The van der Waals surface area contributed by atoms with E-state index in [1.807, 2.05) is 0 Å². The highest BCUT2D eigenvalue weighted by molar-refractivity contribution is 5.99. The van der Waals surface area contributed by atoms with Gasteiger partial charge >= 0.3 is 0 Å². The van der Waals surface area contributed by atoms with E-state index in [1.165, 1.54) is 30.1 Å². The number of nitrogens with one attached hydrogen (secondary N) is 1. The maximum Gasteiger partial charge on any atom is 0.294 e. The Bertz CT molecular complexity index is 1310. The SMILES string of the molecule is COc1cccc(-c2c(C(=O)N/N=C\c3ccc(O)cc3O)nnn2-c2nonc2N)c1. The van der Waals surface area contributed by atoms with Crippen molar-refractivity contribution >= 4 is 17.9 Å². The lowest BCUT2D eigenvalue weighted by molar-refractivity contribution is 0.0950. The summed E-state index contributed by atoms with van der Waals surface area (Å²) in [6.45, 7) is 0. The number of nitrogens with two attached hydrogens (primary N) is 1. The molecule has 32 heavy (non-hydrogen) atoms. The summed E-state index contributed by atoms with van der Waals surface area (Å²) in [5.74, 6) is -0.476. The Hall–Kier alpha value is -4.94. The number of aromatic hydroxyl groups is 2. The summed E-state index contributed by atoms with van der Waals surface area (Å²) in [6, 6.07) is 10.8. The van der Waals surface area contributed by atoms with E-state index in [1.54, 1.807) is 24.3 Å². The van der Waals surface area contributed by atoms with Gasteiger partial charge in [-0.1, -0.05) is 17.3 Å². The first-order chi connectivity index (χ1) is 15.5. The van der Waals surface area contributed by atoms with Crippen LogP contribution in [0.15, 0.2) is 52.2 Å². The van der Waals surface area contributed by atoms with Gasteiger partial charge in [0.2, 0.25) is 11.6 Å². The minimum absolute atomic E-state index is 0.0480. The molecule has 0 aliphatic heterocycles. The van der Waals surface area contributed by atoms with Crippen LogP contribution in [0.4, 0.5) is 5.82 Å². The molecular formula is C19H16N8O5. The quantitative estimate of drug-likeness (QED) is 0.252. The van der Waals surface area contributed by atoms with Gasteiger partial charge in [0.25, 0.3) is 5.91 Å². The number of aromatic nitrogens is 5. The number of nitrogens with zero attached hydrogens (tertiary/aromatic N) is 6. The van der Waals surface area contributed by atoms with E-state index >= 15 is 0 Å². The average molecular weight is 436 g/mol. The van der Waals surface area contributed by atoms with Gasteiger partial charge in [0.05, 0.1) is 13.3 Å². The summed E-state index contributed by atoms with van der Waals surface area (Å²) in [5, 5.41) is 38.1. The van der Waals surface area contributed by atoms with Crippen molar-refractivity contribution in [1.29, 1.82) is 0 Å². The number of carbonyl (C=O) groups excluding carboxylic acids is 1. The zero-order valence-electron chi connectivity index (χ0n) is 16.5. The molecule has 2 aromatic carbocycles. The molecule has 4 aromatic rings. The highest BCUT2D eigenvalue weighted by atomic mass is 16.6. The number of benzene rings is 2. The van der Waals surface area contributed by atoms with Crippen molar-refractivity contribution < 1.29 is 24.4 Å². The molecule has 2 heterocycles. The highest BCUT2D eigenvalue weighted by Gasteiger charge is 2.25. The van der Waals surface area contributed by atoms with Crippen LogP contribution in [-0.2, 0) is 0 Å². The molecule has 13 nitrogen and oxygen atoms in total. The molecule has 0 fully saturated rings. The number of amides is 1. The number of methoxy groups -OCH3 is 1. The third-order valence-corrected chi connectivity index (χ3v) is 4.31. The maximum absolute atomic E-state index is 12.8. The third-order valence-electron chi connectivity index (χ3n) is 4.31. The second-order valence-corrected chi connectivity index (χ2v) is 6.35. The van der Waals surface area contributed by atoms with Gasteiger partial charge in [0.15, 0.2) is 5.69 Å². The molecule has 0 unspecified atom stereocenters. The van der Waals surface area contributed by atoms with Crippen LogP contribution in [0.25, 0.3) is 17.1 Å². The Balaban J connectivity index is 1.70. The molecule has 0 aliphatic carbocycles. The number of ether oxygens (including phenoxy) is 1. The predicted molar refractivity (Wildman–Crippen MR) is 110 cm³/mol. The van der Waals surface area contributed by atoms with Crippen LogP contribution < -0.4 is 15.9 Å². The number of hydrazone groups is 1. The second-order valence-electron chi connectivity index (χ2n) is 6.35. The summed E-state index contributed by atoms with van der Waals surface area (Å²) < 4.78 is 11.1. The number of phenols is 2. The lowest BCUT2D eigenvalue weighted by Crippen LogP contribution is -2.19. The second kappa shape index (κ2) is 8.43. The fourth-order valence-corrected chi connectivity index (χ4v) is 2.80. The van der Waals surface area contributed by atoms with Crippen molar-refractivity contribution in [3.05, 3.63) is 53.7 Å². The molecule has 0 bridgehead atoms. The number of carbonyl (C=O) groups is 1. The van der Waals surface area contributed by atoms with E-state index in [-0.39, 0.29) is 40.1 Å². The van der Waals surface area contributed by atoms with Gasteiger partial charge < -0.3 is 20.7 Å². The van der Waals surface area contributed by atoms with Gasteiger partial charge in [0.1, 0.15) is 22.9 Å². The summed E-state index contributed by atoms with van der Waals surface area (Å²) >= 11 is 0. The van der Waals surface area contributed by atoms with Gasteiger partial charge in [-0.3, -0.25) is 4.79 Å². The van der Waals surface area contributed by atoms with Crippen LogP contribution in [-0.4, -0.2) is 54.8 Å². The van der Waals surface area contributed by atoms with Crippen molar-refractivity contribution in [2.75, 3.05) is 12.8 Å². The number of anilines is 1. The van der Waals surface area contributed by atoms with E-state index in [0.717, 1.165) is 6.07 Å². The normalized spacial score (nSPS) is 11.0. The molecule has 4 rings (SSSR count). The van der Waals surface area contributed by atoms with Gasteiger partial charge in [-0.15, -0.1) is 5.10 Å². The molecule has 162 valence electrons. The molecule has 13 heteroatoms.